The molecule has 8 heavy (non-hydrogen) atoms. The van der Waals surface area contributed by atoms with Gasteiger partial charge in [-0.3, -0.25) is 0 Å². The molecule has 0 aliphatic carbocycles. The van der Waals surface area contributed by atoms with Crippen LogP contribution in [-0.4, -0.2) is 9.93 Å². The Kier molecular flexibility index (Phi) is 1.44. The van der Waals surface area contributed by atoms with Crippen LogP contribution in [0.15, 0.2) is 18.3 Å². The van der Waals surface area contributed by atoms with E-state index in [0.717, 1.165) is 5.69 Å². The standard InChI is InChI=1S/C6H6NS/c1-7-4-2-3-6(7)5-8/h2-4H,1H3. The molecule has 0 amide bonds. The van der Waals surface area contributed by atoms with Crippen LogP contribution in [0.2, 0.25) is 0 Å². The third-order valence-corrected chi connectivity index (χ3v) is 1.26. The second-order valence-electron chi connectivity index (χ2n) is 1.61. The van der Waals surface area contributed by atoms with E-state index < -0.39 is 0 Å². The maximum atomic E-state index is 4.59. The Morgan fingerprint density at radius 3 is 2.75 bits per heavy atom. The Morgan fingerprint density at radius 1 is 1.75 bits per heavy atom. The quantitative estimate of drug-likeness (QED) is 0.510. The van der Waals surface area contributed by atoms with Crippen LogP contribution in [-0.2, 0) is 7.05 Å². The molecule has 0 saturated carbocycles. The minimum atomic E-state index is 0.958. The number of hydrogen-bond acceptors (Lipinski definition) is 1. The van der Waals surface area contributed by atoms with Crippen molar-refractivity contribution in [2.24, 2.45) is 7.05 Å². The lowest BCUT2D eigenvalue weighted by atomic mass is 10.5. The van der Waals surface area contributed by atoms with E-state index in [0.29, 0.717) is 0 Å². The predicted molar refractivity (Wildman–Crippen MR) is 37.1 cm³/mol. The molecule has 1 rings (SSSR count). The molecule has 0 spiro atoms. The van der Waals surface area contributed by atoms with Crippen molar-refractivity contribution in [2.75, 3.05) is 0 Å². The smallest absolute Gasteiger partial charge is 0.0815 e. The zero-order valence-corrected chi connectivity index (χ0v) is 5.40. The van der Waals surface area contributed by atoms with Crippen molar-refractivity contribution in [1.82, 2.24) is 4.57 Å². The van der Waals surface area contributed by atoms with Crippen LogP contribution in [0, 0.1) is 0 Å². The van der Waals surface area contributed by atoms with E-state index in [-0.39, 0.29) is 0 Å². The second kappa shape index (κ2) is 2.09. The fourth-order valence-electron chi connectivity index (χ4n) is 0.567. The maximum absolute atomic E-state index is 4.59. The summed E-state index contributed by atoms with van der Waals surface area (Å²) in [6.07, 6.45) is 1.94. The summed E-state index contributed by atoms with van der Waals surface area (Å²) >= 11 is 4.59. The zero-order chi connectivity index (χ0) is 5.98. The monoisotopic (exact) mass is 124 g/mol. The van der Waals surface area contributed by atoms with Gasteiger partial charge in [-0.1, -0.05) is 12.2 Å². The molecule has 0 atom stereocenters. The molecule has 0 aliphatic heterocycles. The van der Waals surface area contributed by atoms with Gasteiger partial charge in [0.15, 0.2) is 0 Å². The first kappa shape index (κ1) is 5.51. The highest BCUT2D eigenvalue weighted by Crippen LogP contribution is 1.93. The van der Waals surface area contributed by atoms with Crippen molar-refractivity contribution in [3.63, 3.8) is 0 Å². The number of hydrogen-bond donors (Lipinski definition) is 0. The Hall–Kier alpha value is -0.630. The third-order valence-electron chi connectivity index (χ3n) is 1.05. The van der Waals surface area contributed by atoms with Crippen molar-refractivity contribution in [1.29, 1.82) is 0 Å². The van der Waals surface area contributed by atoms with Gasteiger partial charge in [-0.15, -0.1) is 0 Å². The Bertz CT molecular complexity index is 190. The number of rotatable bonds is 1. The first-order valence-corrected chi connectivity index (χ1v) is 2.75. The summed E-state index contributed by atoms with van der Waals surface area (Å²) in [5, 5.41) is 2.62. The van der Waals surface area contributed by atoms with Gasteiger partial charge in [0.05, 0.1) is 11.1 Å². The lowest BCUT2D eigenvalue weighted by Gasteiger charge is -1.89. The molecule has 0 bridgehead atoms. The summed E-state index contributed by atoms with van der Waals surface area (Å²) < 4.78 is 1.92. The molecule has 41 valence electrons. The lowest BCUT2D eigenvalue weighted by molar-refractivity contribution is 0.921. The van der Waals surface area contributed by atoms with E-state index in [1.54, 1.807) is 0 Å². The minimum absolute atomic E-state index is 0.958. The van der Waals surface area contributed by atoms with Crippen LogP contribution in [0.1, 0.15) is 5.69 Å². The molecule has 2 heteroatoms. The first-order chi connectivity index (χ1) is 3.84. The molecule has 1 aromatic rings. The first-order valence-electron chi connectivity index (χ1n) is 2.34. The van der Waals surface area contributed by atoms with E-state index in [9.17, 15) is 0 Å². The SMILES string of the molecule is Cn1cccc1[C]=S. The van der Waals surface area contributed by atoms with Crippen LogP contribution < -0.4 is 0 Å². The van der Waals surface area contributed by atoms with Crippen molar-refractivity contribution in [3.8, 4) is 0 Å². The molecule has 0 unspecified atom stereocenters. The van der Waals surface area contributed by atoms with Gasteiger partial charge in [-0.2, -0.15) is 0 Å². The number of aryl methyl sites for hydroxylation is 1. The molecule has 0 aromatic carbocycles. The normalized spacial score (nSPS) is 9.12. The minimum Gasteiger partial charge on any atom is -0.350 e. The van der Waals surface area contributed by atoms with Crippen LogP contribution >= 0.6 is 12.2 Å². The van der Waals surface area contributed by atoms with Crippen molar-refractivity contribution >= 4 is 17.6 Å². The van der Waals surface area contributed by atoms with Crippen molar-refractivity contribution in [3.05, 3.63) is 24.0 Å². The van der Waals surface area contributed by atoms with Crippen LogP contribution in [0.5, 0.6) is 0 Å². The van der Waals surface area contributed by atoms with Gasteiger partial charge in [0.25, 0.3) is 0 Å². The van der Waals surface area contributed by atoms with Gasteiger partial charge < -0.3 is 4.57 Å². The van der Waals surface area contributed by atoms with E-state index >= 15 is 0 Å². The largest absolute Gasteiger partial charge is 0.350 e. The Balaban J connectivity index is 3.09. The molecule has 1 nitrogen and oxygen atoms in total. The predicted octanol–water partition coefficient (Wildman–Crippen LogP) is 1.25. The highest BCUT2D eigenvalue weighted by atomic mass is 32.1. The summed E-state index contributed by atoms with van der Waals surface area (Å²) in [4.78, 5) is 0. The van der Waals surface area contributed by atoms with Crippen molar-refractivity contribution in [2.45, 2.75) is 0 Å². The van der Waals surface area contributed by atoms with Gasteiger partial charge >= 0.3 is 0 Å². The van der Waals surface area contributed by atoms with E-state index in [4.69, 9.17) is 0 Å². The highest BCUT2D eigenvalue weighted by molar-refractivity contribution is 7.79. The molecule has 0 fully saturated rings. The fraction of sp³-hybridized carbons (Fsp3) is 0.167. The molecular weight excluding hydrogens is 118 g/mol. The molecule has 1 aromatic heterocycles. The molecule has 1 heterocycles. The van der Waals surface area contributed by atoms with Gasteiger partial charge in [-0.25, -0.2) is 0 Å². The molecule has 0 saturated heterocycles. The molecule has 0 aliphatic rings. The molecular formula is C6H6NS. The number of aromatic nitrogens is 1. The molecule has 1 radical (unpaired) electrons. The Morgan fingerprint density at radius 2 is 2.50 bits per heavy atom. The summed E-state index contributed by atoms with van der Waals surface area (Å²) in [5.74, 6) is 0. The van der Waals surface area contributed by atoms with Crippen molar-refractivity contribution < 1.29 is 0 Å². The van der Waals surface area contributed by atoms with E-state index in [2.05, 4.69) is 17.6 Å². The van der Waals surface area contributed by atoms with Crippen LogP contribution in [0.4, 0.5) is 0 Å². The fourth-order valence-corrected chi connectivity index (χ4v) is 0.779. The highest BCUT2D eigenvalue weighted by Gasteiger charge is 1.87. The Labute approximate surface area is 53.9 Å². The van der Waals surface area contributed by atoms with Crippen LogP contribution in [0.25, 0.3) is 0 Å². The summed E-state index contributed by atoms with van der Waals surface area (Å²) in [7, 11) is 1.94. The molecule has 0 N–H and O–H groups in total. The van der Waals surface area contributed by atoms with Gasteiger partial charge in [-0.05, 0) is 12.1 Å². The number of thiocarbonyl (C=S) groups is 1. The maximum Gasteiger partial charge on any atom is 0.0815 e. The summed E-state index contributed by atoms with van der Waals surface area (Å²) in [5.41, 5.74) is 0.958. The average Bonchev–Trinajstić information content (AvgIpc) is 2.14. The lowest BCUT2D eigenvalue weighted by Crippen LogP contribution is -1.89. The van der Waals surface area contributed by atoms with E-state index in [1.807, 2.05) is 29.9 Å². The topological polar surface area (TPSA) is 4.93 Å². The van der Waals surface area contributed by atoms with Crippen LogP contribution in [0.3, 0.4) is 0 Å². The van der Waals surface area contributed by atoms with Gasteiger partial charge in [0.1, 0.15) is 0 Å². The number of nitrogens with zero attached hydrogens (tertiary/aromatic N) is 1. The van der Waals surface area contributed by atoms with Gasteiger partial charge in [0.2, 0.25) is 0 Å². The van der Waals surface area contributed by atoms with Gasteiger partial charge in [0, 0.05) is 13.2 Å². The van der Waals surface area contributed by atoms with E-state index in [1.165, 1.54) is 0 Å². The third kappa shape index (κ3) is 0.793. The zero-order valence-electron chi connectivity index (χ0n) is 4.59. The summed E-state index contributed by atoms with van der Waals surface area (Å²) in [6.45, 7) is 0. The summed E-state index contributed by atoms with van der Waals surface area (Å²) in [6, 6.07) is 3.86. The average molecular weight is 124 g/mol. The second-order valence-corrected chi connectivity index (χ2v) is 1.81.